The summed E-state index contributed by atoms with van der Waals surface area (Å²) in [5.41, 5.74) is 1.81. The summed E-state index contributed by atoms with van der Waals surface area (Å²) in [5.74, 6) is 1.53. The van der Waals surface area contributed by atoms with Gasteiger partial charge in [0.25, 0.3) is 0 Å². The van der Waals surface area contributed by atoms with Crippen LogP contribution in [-0.4, -0.2) is 31.1 Å². The number of carbonyl (C=O) groups excluding carboxylic acids is 1. The molecule has 0 fully saturated rings. The summed E-state index contributed by atoms with van der Waals surface area (Å²) in [6, 6.07) is 13.7. The molecule has 2 aromatic rings. The van der Waals surface area contributed by atoms with E-state index in [0.717, 1.165) is 38.5 Å². The summed E-state index contributed by atoms with van der Waals surface area (Å²) in [6.07, 6.45) is 0.973. The minimum atomic E-state index is -0.343. The highest BCUT2D eigenvalue weighted by Crippen LogP contribution is 2.48. The van der Waals surface area contributed by atoms with Crippen LogP contribution < -0.4 is 14.4 Å². The predicted molar refractivity (Wildman–Crippen MR) is 110 cm³/mol. The van der Waals surface area contributed by atoms with Crippen molar-refractivity contribution < 1.29 is 14.3 Å². The quantitative estimate of drug-likeness (QED) is 0.349. The van der Waals surface area contributed by atoms with Crippen LogP contribution in [0.15, 0.2) is 47.4 Å². The Bertz CT molecular complexity index is 768. The number of nitrogens with zero attached hydrogens (tertiary/aromatic N) is 1. The first kappa shape index (κ1) is 18.4. The molecule has 25 heavy (non-hydrogen) atoms. The molecule has 3 rings (SSSR count). The van der Waals surface area contributed by atoms with Crippen LogP contribution in [0.2, 0.25) is 0 Å². The van der Waals surface area contributed by atoms with Crippen molar-refractivity contribution in [3.05, 3.63) is 48.0 Å². The molecule has 2 aromatic carbocycles. The number of halogens is 1. The van der Waals surface area contributed by atoms with Crippen molar-refractivity contribution in [1.29, 1.82) is 0 Å². The zero-order valence-corrected chi connectivity index (χ0v) is 17.2. The highest BCUT2D eigenvalue weighted by molar-refractivity contribution is 14.1. The Morgan fingerprint density at radius 3 is 2.80 bits per heavy atom. The summed E-state index contributed by atoms with van der Waals surface area (Å²) in [4.78, 5) is 15.8. The van der Waals surface area contributed by atoms with E-state index in [1.807, 2.05) is 49.5 Å². The lowest BCUT2D eigenvalue weighted by Crippen LogP contribution is -2.33. The van der Waals surface area contributed by atoms with Crippen LogP contribution in [0.5, 0.6) is 11.5 Å². The summed E-state index contributed by atoms with van der Waals surface area (Å²) in [5, 5.41) is -0.343. The molecule has 0 spiro atoms. The number of alkyl halides is 1. The average Bonchev–Trinajstić information content (AvgIpc) is 2.65. The number of hydrogen-bond acceptors (Lipinski definition) is 4. The number of anilines is 1. The Kier molecular flexibility index (Phi) is 6.11. The number of likely N-dealkylation sites (N-methyl/N-ethyl adjacent to an activating group) is 1. The molecule has 0 N–H and O–H groups in total. The molecule has 1 aliphatic heterocycles. The fraction of sp³-hybridized carbons (Fsp3) is 0.316. The largest absolute Gasteiger partial charge is 0.497 e. The lowest BCUT2D eigenvalue weighted by atomic mass is 10.1. The van der Waals surface area contributed by atoms with E-state index in [0.29, 0.717) is 6.61 Å². The monoisotopic (exact) mass is 469 g/mol. The van der Waals surface area contributed by atoms with Gasteiger partial charge < -0.3 is 14.4 Å². The zero-order chi connectivity index (χ0) is 17.8. The number of thioether (sulfide) groups is 1. The molecule has 4 nitrogen and oxygen atoms in total. The van der Waals surface area contributed by atoms with Gasteiger partial charge in [-0.2, -0.15) is 0 Å². The second-order valence-electron chi connectivity index (χ2n) is 5.66. The fourth-order valence-electron chi connectivity index (χ4n) is 2.73. The third-order valence-electron chi connectivity index (χ3n) is 4.06. The Balaban J connectivity index is 1.98. The third kappa shape index (κ3) is 3.89. The van der Waals surface area contributed by atoms with E-state index in [4.69, 9.17) is 9.47 Å². The number of rotatable bonds is 6. The van der Waals surface area contributed by atoms with Gasteiger partial charge in [0.1, 0.15) is 16.7 Å². The Hall–Kier alpha value is -1.41. The number of para-hydroxylation sites is 1. The summed E-state index contributed by atoms with van der Waals surface area (Å²) in [7, 11) is 3.46. The third-order valence-corrected chi connectivity index (χ3v) is 6.11. The van der Waals surface area contributed by atoms with Crippen LogP contribution >= 0.6 is 34.4 Å². The average molecular weight is 469 g/mol. The second kappa shape index (κ2) is 8.31. The van der Waals surface area contributed by atoms with Gasteiger partial charge in [-0.25, -0.2) is 0 Å². The zero-order valence-electron chi connectivity index (χ0n) is 14.2. The first-order chi connectivity index (χ1) is 12.2. The van der Waals surface area contributed by atoms with Crippen LogP contribution in [0.4, 0.5) is 5.69 Å². The van der Waals surface area contributed by atoms with E-state index < -0.39 is 0 Å². The van der Waals surface area contributed by atoms with Gasteiger partial charge in [-0.15, -0.1) is 11.8 Å². The maximum Gasteiger partial charge on any atom is 0.244 e. The second-order valence-corrected chi connectivity index (χ2v) is 7.88. The molecule has 0 unspecified atom stereocenters. The maximum atomic E-state index is 13.0. The van der Waals surface area contributed by atoms with Crippen molar-refractivity contribution in [3.8, 4) is 11.5 Å². The van der Waals surface area contributed by atoms with Gasteiger partial charge in [0.15, 0.2) is 0 Å². The SMILES string of the molecule is COc1ccc(OCCCI)c([C@H]2Sc3ccccc3N(C)C2=O)c1. The van der Waals surface area contributed by atoms with Crippen LogP contribution in [-0.2, 0) is 4.79 Å². The first-order valence-electron chi connectivity index (χ1n) is 8.05. The van der Waals surface area contributed by atoms with Gasteiger partial charge in [-0.3, -0.25) is 4.79 Å². The van der Waals surface area contributed by atoms with Crippen molar-refractivity contribution >= 4 is 45.9 Å². The highest BCUT2D eigenvalue weighted by Gasteiger charge is 2.34. The van der Waals surface area contributed by atoms with E-state index in [-0.39, 0.29) is 11.2 Å². The minimum absolute atomic E-state index is 0.0516. The molecule has 0 radical (unpaired) electrons. The van der Waals surface area contributed by atoms with Crippen molar-refractivity contribution in [2.75, 3.05) is 30.1 Å². The molecule has 0 aliphatic carbocycles. The molecular weight excluding hydrogens is 449 g/mol. The van der Waals surface area contributed by atoms with Gasteiger partial charge in [0.05, 0.1) is 19.4 Å². The lowest BCUT2D eigenvalue weighted by molar-refractivity contribution is -0.118. The molecule has 6 heteroatoms. The Labute approximate surface area is 166 Å². The van der Waals surface area contributed by atoms with Gasteiger partial charge in [0.2, 0.25) is 5.91 Å². The number of carbonyl (C=O) groups is 1. The molecule has 1 heterocycles. The van der Waals surface area contributed by atoms with Crippen LogP contribution in [0.1, 0.15) is 17.2 Å². The standard InChI is InChI=1S/C19H20INO3S/c1-21-15-6-3-4-7-17(15)25-18(19(21)22)14-12-13(23-2)8-9-16(14)24-11-5-10-20/h3-4,6-9,12,18H,5,10-11H2,1-2H3/t18-/m1/s1. The predicted octanol–water partition coefficient (Wildman–Crippen LogP) is 4.71. The lowest BCUT2D eigenvalue weighted by Gasteiger charge is -2.32. The number of fused-ring (bicyclic) bond motifs is 1. The minimum Gasteiger partial charge on any atom is -0.497 e. The maximum absolute atomic E-state index is 13.0. The van der Waals surface area contributed by atoms with Gasteiger partial charge in [-0.05, 0) is 36.8 Å². The molecule has 1 atom stereocenters. The van der Waals surface area contributed by atoms with Crippen molar-refractivity contribution in [2.24, 2.45) is 0 Å². The molecule has 0 saturated carbocycles. The highest BCUT2D eigenvalue weighted by atomic mass is 127. The van der Waals surface area contributed by atoms with Gasteiger partial charge in [0, 0.05) is 21.9 Å². The number of hydrogen-bond donors (Lipinski definition) is 0. The van der Waals surface area contributed by atoms with E-state index >= 15 is 0 Å². The molecule has 0 aromatic heterocycles. The van der Waals surface area contributed by atoms with E-state index in [2.05, 4.69) is 22.6 Å². The number of amides is 1. The smallest absolute Gasteiger partial charge is 0.244 e. The van der Waals surface area contributed by atoms with Gasteiger partial charge >= 0.3 is 0 Å². The molecule has 0 bridgehead atoms. The topological polar surface area (TPSA) is 38.8 Å². The van der Waals surface area contributed by atoms with Crippen LogP contribution in [0.25, 0.3) is 0 Å². The molecular formula is C19H20INO3S. The summed E-state index contributed by atoms with van der Waals surface area (Å²) >= 11 is 3.90. The number of methoxy groups -OCH3 is 1. The Morgan fingerprint density at radius 1 is 1.24 bits per heavy atom. The molecule has 0 saturated heterocycles. The summed E-state index contributed by atoms with van der Waals surface area (Å²) < 4.78 is 12.4. The van der Waals surface area contributed by atoms with Crippen molar-refractivity contribution in [3.63, 3.8) is 0 Å². The molecule has 1 aliphatic rings. The normalized spacial score (nSPS) is 16.5. The van der Waals surface area contributed by atoms with Crippen LogP contribution in [0, 0.1) is 0 Å². The van der Waals surface area contributed by atoms with Crippen LogP contribution in [0.3, 0.4) is 0 Å². The molecule has 1 amide bonds. The van der Waals surface area contributed by atoms with E-state index in [1.165, 1.54) is 0 Å². The summed E-state index contributed by atoms with van der Waals surface area (Å²) in [6.45, 7) is 0.639. The molecule has 132 valence electrons. The van der Waals surface area contributed by atoms with E-state index in [9.17, 15) is 4.79 Å². The number of ether oxygens (including phenoxy) is 2. The Morgan fingerprint density at radius 2 is 2.04 bits per heavy atom. The number of benzene rings is 2. The van der Waals surface area contributed by atoms with Gasteiger partial charge in [-0.1, -0.05) is 34.7 Å². The van der Waals surface area contributed by atoms with Crippen molar-refractivity contribution in [2.45, 2.75) is 16.6 Å². The fourth-order valence-corrected chi connectivity index (χ4v) is 4.35. The van der Waals surface area contributed by atoms with Crippen molar-refractivity contribution in [1.82, 2.24) is 0 Å². The van der Waals surface area contributed by atoms with E-state index in [1.54, 1.807) is 23.8 Å². The first-order valence-corrected chi connectivity index (χ1v) is 10.5.